The first kappa shape index (κ1) is 12.9. The molecule has 18 heavy (non-hydrogen) atoms. The molecule has 2 saturated carbocycles. The third-order valence-electron chi connectivity index (χ3n) is 5.90. The van der Waals surface area contributed by atoms with Gasteiger partial charge in [-0.05, 0) is 62.7 Å². The smallest absolute Gasteiger partial charge is 0.0564 e. The number of hydrogen-bond acceptors (Lipinski definition) is 2. The number of nitrogens with zero attached hydrogens (tertiary/aromatic N) is 1. The molecule has 0 unspecified atom stereocenters. The Hall–Kier alpha value is -0.0800. The topological polar surface area (TPSA) is 23.5 Å². The molecule has 104 valence electrons. The summed E-state index contributed by atoms with van der Waals surface area (Å²) in [6.45, 7) is 3.56. The normalized spacial score (nSPS) is 31.2. The number of aliphatic hydroxyl groups is 1. The van der Waals surface area contributed by atoms with E-state index in [1.54, 1.807) is 0 Å². The van der Waals surface area contributed by atoms with Crippen molar-refractivity contribution in [1.82, 2.24) is 4.90 Å². The number of likely N-dealkylation sites (tertiary alicyclic amines) is 1. The van der Waals surface area contributed by atoms with Crippen molar-refractivity contribution < 1.29 is 5.11 Å². The molecule has 2 heteroatoms. The molecule has 0 radical (unpaired) electrons. The average Bonchev–Trinajstić information content (AvgIpc) is 2.84. The molecule has 3 aliphatic rings. The van der Waals surface area contributed by atoms with Crippen LogP contribution in [0.4, 0.5) is 0 Å². The molecule has 0 atom stereocenters. The van der Waals surface area contributed by atoms with Crippen LogP contribution in [-0.2, 0) is 0 Å². The summed E-state index contributed by atoms with van der Waals surface area (Å²) in [5, 5.41) is 9.55. The van der Waals surface area contributed by atoms with E-state index >= 15 is 0 Å². The van der Waals surface area contributed by atoms with Gasteiger partial charge in [0, 0.05) is 19.6 Å². The second kappa shape index (κ2) is 5.50. The molecule has 1 aliphatic heterocycles. The van der Waals surface area contributed by atoms with Crippen LogP contribution < -0.4 is 0 Å². The first-order valence-electron chi connectivity index (χ1n) is 8.16. The van der Waals surface area contributed by atoms with Gasteiger partial charge in [0.05, 0.1) is 6.10 Å². The maximum atomic E-state index is 9.55. The minimum atomic E-state index is -0.0191. The number of hydrogen-bond donors (Lipinski definition) is 1. The third-order valence-corrected chi connectivity index (χ3v) is 5.90. The van der Waals surface area contributed by atoms with Crippen LogP contribution in [0, 0.1) is 11.3 Å². The van der Waals surface area contributed by atoms with E-state index in [2.05, 4.69) is 4.90 Å². The van der Waals surface area contributed by atoms with Crippen molar-refractivity contribution in [1.29, 1.82) is 0 Å². The van der Waals surface area contributed by atoms with Gasteiger partial charge in [0.1, 0.15) is 0 Å². The summed E-state index contributed by atoms with van der Waals surface area (Å²) in [6.07, 6.45) is 14.0. The van der Waals surface area contributed by atoms with Gasteiger partial charge in [0.25, 0.3) is 0 Å². The third kappa shape index (κ3) is 2.91. The minimum absolute atomic E-state index is 0.0191. The van der Waals surface area contributed by atoms with Crippen LogP contribution in [0.1, 0.15) is 64.2 Å². The SMILES string of the molecule is OC1CCN(CC2CCC3(CCCC3)CC2)CC1. The highest BCUT2D eigenvalue weighted by Gasteiger charge is 2.37. The number of aliphatic hydroxyl groups excluding tert-OH is 1. The molecular formula is C16H29NO. The van der Waals surface area contributed by atoms with Crippen LogP contribution >= 0.6 is 0 Å². The molecule has 0 amide bonds. The molecule has 2 nitrogen and oxygen atoms in total. The van der Waals surface area contributed by atoms with Crippen LogP contribution in [0.2, 0.25) is 0 Å². The van der Waals surface area contributed by atoms with E-state index in [1.807, 2.05) is 0 Å². The number of piperidine rings is 1. The molecule has 0 aromatic heterocycles. The lowest BCUT2D eigenvalue weighted by molar-refractivity contribution is 0.0613. The van der Waals surface area contributed by atoms with Crippen molar-refractivity contribution in [3.63, 3.8) is 0 Å². The zero-order chi connectivity index (χ0) is 12.4. The highest BCUT2D eigenvalue weighted by molar-refractivity contribution is 4.90. The van der Waals surface area contributed by atoms with Crippen molar-refractivity contribution in [2.75, 3.05) is 19.6 Å². The Labute approximate surface area is 112 Å². The standard InChI is InChI=1S/C16H29NO/c18-15-5-11-17(12-6-15)13-14-3-9-16(10-4-14)7-1-2-8-16/h14-15,18H,1-13H2. The van der Waals surface area contributed by atoms with Crippen molar-refractivity contribution in [3.05, 3.63) is 0 Å². The fraction of sp³-hybridized carbons (Fsp3) is 1.00. The molecule has 1 N–H and O–H groups in total. The van der Waals surface area contributed by atoms with Gasteiger partial charge in [0.15, 0.2) is 0 Å². The van der Waals surface area contributed by atoms with Crippen LogP contribution in [-0.4, -0.2) is 35.7 Å². The van der Waals surface area contributed by atoms with Gasteiger partial charge in [-0.25, -0.2) is 0 Å². The van der Waals surface area contributed by atoms with Gasteiger partial charge in [-0.15, -0.1) is 0 Å². The summed E-state index contributed by atoms with van der Waals surface area (Å²) in [5.41, 5.74) is 0.786. The van der Waals surface area contributed by atoms with Gasteiger partial charge in [0.2, 0.25) is 0 Å². The van der Waals surface area contributed by atoms with Crippen LogP contribution in [0.25, 0.3) is 0 Å². The van der Waals surface area contributed by atoms with Crippen LogP contribution in [0.5, 0.6) is 0 Å². The zero-order valence-corrected chi connectivity index (χ0v) is 11.7. The Balaban J connectivity index is 1.42. The largest absolute Gasteiger partial charge is 0.393 e. The maximum absolute atomic E-state index is 9.55. The molecule has 0 bridgehead atoms. The Morgan fingerprint density at radius 1 is 0.889 bits per heavy atom. The van der Waals surface area contributed by atoms with Crippen molar-refractivity contribution in [3.8, 4) is 0 Å². The average molecular weight is 251 g/mol. The fourth-order valence-corrected chi connectivity index (χ4v) is 4.56. The Morgan fingerprint density at radius 2 is 1.50 bits per heavy atom. The fourth-order valence-electron chi connectivity index (χ4n) is 4.56. The zero-order valence-electron chi connectivity index (χ0n) is 11.7. The summed E-state index contributed by atoms with van der Waals surface area (Å²) in [6, 6.07) is 0. The van der Waals surface area contributed by atoms with Crippen molar-refractivity contribution >= 4 is 0 Å². The molecule has 1 heterocycles. The Bertz CT molecular complexity index is 254. The monoisotopic (exact) mass is 251 g/mol. The lowest BCUT2D eigenvalue weighted by Crippen LogP contribution is -2.40. The van der Waals surface area contributed by atoms with E-state index in [0.717, 1.165) is 37.3 Å². The van der Waals surface area contributed by atoms with E-state index in [1.165, 1.54) is 57.9 Å². The summed E-state index contributed by atoms with van der Waals surface area (Å²) in [5.74, 6) is 0.950. The summed E-state index contributed by atoms with van der Waals surface area (Å²) >= 11 is 0. The molecule has 2 aliphatic carbocycles. The maximum Gasteiger partial charge on any atom is 0.0564 e. The van der Waals surface area contributed by atoms with E-state index in [9.17, 15) is 5.11 Å². The first-order valence-corrected chi connectivity index (χ1v) is 8.16. The first-order chi connectivity index (χ1) is 8.76. The minimum Gasteiger partial charge on any atom is -0.393 e. The van der Waals surface area contributed by atoms with Crippen molar-refractivity contribution in [2.45, 2.75) is 70.3 Å². The van der Waals surface area contributed by atoms with Gasteiger partial charge < -0.3 is 10.0 Å². The molecule has 3 fully saturated rings. The highest BCUT2D eigenvalue weighted by Crippen LogP contribution is 2.50. The summed E-state index contributed by atoms with van der Waals surface area (Å²) < 4.78 is 0. The lowest BCUT2D eigenvalue weighted by Gasteiger charge is -2.40. The van der Waals surface area contributed by atoms with Crippen LogP contribution in [0.15, 0.2) is 0 Å². The Kier molecular flexibility index (Phi) is 3.95. The molecule has 0 aromatic carbocycles. The van der Waals surface area contributed by atoms with E-state index in [4.69, 9.17) is 0 Å². The van der Waals surface area contributed by atoms with E-state index < -0.39 is 0 Å². The van der Waals surface area contributed by atoms with E-state index in [0.29, 0.717) is 0 Å². The molecule has 1 saturated heterocycles. The molecule has 0 aromatic rings. The van der Waals surface area contributed by atoms with Gasteiger partial charge in [-0.2, -0.15) is 0 Å². The second-order valence-corrected chi connectivity index (χ2v) is 7.18. The predicted molar refractivity (Wildman–Crippen MR) is 74.5 cm³/mol. The van der Waals surface area contributed by atoms with E-state index in [-0.39, 0.29) is 6.10 Å². The summed E-state index contributed by atoms with van der Waals surface area (Å²) in [4.78, 5) is 2.60. The Morgan fingerprint density at radius 3 is 2.11 bits per heavy atom. The quantitative estimate of drug-likeness (QED) is 0.814. The molecule has 3 rings (SSSR count). The molecule has 1 spiro atoms. The number of rotatable bonds is 2. The van der Waals surface area contributed by atoms with Crippen molar-refractivity contribution in [2.24, 2.45) is 11.3 Å². The second-order valence-electron chi connectivity index (χ2n) is 7.18. The molecular weight excluding hydrogens is 222 g/mol. The van der Waals surface area contributed by atoms with Crippen LogP contribution in [0.3, 0.4) is 0 Å². The van der Waals surface area contributed by atoms with Gasteiger partial charge in [-0.3, -0.25) is 0 Å². The summed E-state index contributed by atoms with van der Waals surface area (Å²) in [7, 11) is 0. The van der Waals surface area contributed by atoms with Gasteiger partial charge >= 0.3 is 0 Å². The highest BCUT2D eigenvalue weighted by atomic mass is 16.3. The predicted octanol–water partition coefficient (Wildman–Crippen LogP) is 3.19. The van der Waals surface area contributed by atoms with Gasteiger partial charge in [-0.1, -0.05) is 12.8 Å². The lowest BCUT2D eigenvalue weighted by atomic mass is 9.69.